The number of likely N-dealkylation sites (tertiary alicyclic amines) is 1. The predicted molar refractivity (Wildman–Crippen MR) is 84.0 cm³/mol. The van der Waals surface area contributed by atoms with Crippen LogP contribution in [0.5, 0.6) is 0 Å². The van der Waals surface area contributed by atoms with Crippen LogP contribution in [-0.4, -0.2) is 75.0 Å². The third-order valence-corrected chi connectivity index (χ3v) is 3.83. The molecule has 2 amide bonds. The van der Waals surface area contributed by atoms with Gasteiger partial charge in [0, 0.05) is 20.1 Å². The largest absolute Gasteiger partial charge is 0.355 e. The SMILES string of the molecule is CCCNC(=O)CN(C)C(=O)CN1CCCC(CNC)C1. The van der Waals surface area contributed by atoms with Crippen molar-refractivity contribution in [2.75, 3.05) is 53.4 Å². The smallest absolute Gasteiger partial charge is 0.239 e. The van der Waals surface area contributed by atoms with Crippen LogP contribution in [0.4, 0.5) is 0 Å². The maximum absolute atomic E-state index is 12.2. The molecule has 0 spiro atoms. The molecule has 1 saturated heterocycles. The summed E-state index contributed by atoms with van der Waals surface area (Å²) in [5.74, 6) is 0.556. The Morgan fingerprint density at radius 1 is 1.38 bits per heavy atom. The van der Waals surface area contributed by atoms with E-state index in [2.05, 4.69) is 15.5 Å². The molecule has 0 bridgehead atoms. The van der Waals surface area contributed by atoms with Crippen molar-refractivity contribution >= 4 is 11.8 Å². The van der Waals surface area contributed by atoms with Gasteiger partial charge in [0.05, 0.1) is 13.1 Å². The Balaban J connectivity index is 2.32. The van der Waals surface area contributed by atoms with Gasteiger partial charge in [-0.2, -0.15) is 0 Å². The maximum Gasteiger partial charge on any atom is 0.239 e. The van der Waals surface area contributed by atoms with Crippen LogP contribution < -0.4 is 10.6 Å². The number of amides is 2. The minimum Gasteiger partial charge on any atom is -0.355 e. The second kappa shape index (κ2) is 9.73. The highest BCUT2D eigenvalue weighted by atomic mass is 16.2. The summed E-state index contributed by atoms with van der Waals surface area (Å²) in [4.78, 5) is 27.5. The van der Waals surface area contributed by atoms with Gasteiger partial charge in [0.1, 0.15) is 0 Å². The molecule has 1 aliphatic heterocycles. The van der Waals surface area contributed by atoms with E-state index in [0.29, 0.717) is 19.0 Å². The molecule has 6 nitrogen and oxygen atoms in total. The van der Waals surface area contributed by atoms with Gasteiger partial charge >= 0.3 is 0 Å². The van der Waals surface area contributed by atoms with E-state index in [0.717, 1.165) is 32.5 Å². The molecule has 2 N–H and O–H groups in total. The van der Waals surface area contributed by atoms with Gasteiger partial charge < -0.3 is 15.5 Å². The fourth-order valence-corrected chi connectivity index (χ4v) is 2.69. The first kappa shape index (κ1) is 17.9. The topological polar surface area (TPSA) is 64.7 Å². The van der Waals surface area contributed by atoms with Gasteiger partial charge in [0.15, 0.2) is 0 Å². The zero-order valence-corrected chi connectivity index (χ0v) is 13.7. The molecule has 21 heavy (non-hydrogen) atoms. The first-order chi connectivity index (χ1) is 10.1. The van der Waals surface area contributed by atoms with E-state index in [1.807, 2.05) is 14.0 Å². The number of likely N-dealkylation sites (N-methyl/N-ethyl adjacent to an activating group) is 1. The Hall–Kier alpha value is -1.14. The van der Waals surface area contributed by atoms with E-state index in [1.54, 1.807) is 7.05 Å². The van der Waals surface area contributed by atoms with Crippen molar-refractivity contribution in [1.29, 1.82) is 0 Å². The fourth-order valence-electron chi connectivity index (χ4n) is 2.69. The monoisotopic (exact) mass is 298 g/mol. The average Bonchev–Trinajstić information content (AvgIpc) is 2.45. The maximum atomic E-state index is 12.2. The highest BCUT2D eigenvalue weighted by Gasteiger charge is 2.22. The lowest BCUT2D eigenvalue weighted by atomic mass is 9.98. The standard InChI is InChI=1S/C15H30N4O2/c1-4-7-17-14(20)11-18(3)15(21)12-19-8-5-6-13(10-19)9-16-2/h13,16H,4-12H2,1-3H3,(H,17,20). The molecule has 0 aromatic heterocycles. The van der Waals surface area contributed by atoms with Crippen LogP contribution in [0.15, 0.2) is 0 Å². The number of nitrogens with zero attached hydrogens (tertiary/aromatic N) is 2. The molecule has 1 rings (SSSR count). The molecular weight excluding hydrogens is 268 g/mol. The Bertz CT molecular complexity index is 334. The molecule has 1 heterocycles. The van der Waals surface area contributed by atoms with Gasteiger partial charge in [-0.3, -0.25) is 14.5 Å². The van der Waals surface area contributed by atoms with Crippen molar-refractivity contribution < 1.29 is 9.59 Å². The minimum absolute atomic E-state index is 0.0201. The molecule has 122 valence electrons. The molecular formula is C15H30N4O2. The molecule has 0 aliphatic carbocycles. The third kappa shape index (κ3) is 6.91. The van der Waals surface area contributed by atoms with E-state index in [1.165, 1.54) is 11.3 Å². The Morgan fingerprint density at radius 2 is 2.14 bits per heavy atom. The van der Waals surface area contributed by atoms with Gasteiger partial charge in [-0.15, -0.1) is 0 Å². The van der Waals surface area contributed by atoms with Crippen LogP contribution in [0.2, 0.25) is 0 Å². The summed E-state index contributed by atoms with van der Waals surface area (Å²) < 4.78 is 0. The van der Waals surface area contributed by atoms with Gasteiger partial charge in [-0.1, -0.05) is 6.92 Å². The van der Waals surface area contributed by atoms with E-state index in [4.69, 9.17) is 0 Å². The number of nitrogens with one attached hydrogen (secondary N) is 2. The second-order valence-electron chi connectivity index (χ2n) is 5.90. The van der Waals surface area contributed by atoms with Crippen LogP contribution in [0, 0.1) is 5.92 Å². The zero-order valence-electron chi connectivity index (χ0n) is 13.7. The first-order valence-electron chi connectivity index (χ1n) is 7.94. The Kier molecular flexibility index (Phi) is 8.30. The van der Waals surface area contributed by atoms with Crippen LogP contribution >= 0.6 is 0 Å². The Labute approximate surface area is 128 Å². The summed E-state index contributed by atoms with van der Waals surface area (Å²) in [5, 5.41) is 6.00. The van der Waals surface area contributed by atoms with Gasteiger partial charge in [-0.25, -0.2) is 0 Å². The summed E-state index contributed by atoms with van der Waals surface area (Å²) >= 11 is 0. The number of hydrogen-bond acceptors (Lipinski definition) is 4. The highest BCUT2D eigenvalue weighted by molar-refractivity contribution is 5.85. The molecule has 0 aromatic rings. The normalized spacial score (nSPS) is 19.3. The second-order valence-corrected chi connectivity index (χ2v) is 5.90. The van der Waals surface area contributed by atoms with Crippen molar-refractivity contribution in [1.82, 2.24) is 20.4 Å². The third-order valence-electron chi connectivity index (χ3n) is 3.83. The first-order valence-corrected chi connectivity index (χ1v) is 7.94. The summed E-state index contributed by atoms with van der Waals surface area (Å²) in [6.45, 7) is 6.17. The van der Waals surface area contributed by atoms with Crippen molar-refractivity contribution in [3.8, 4) is 0 Å². The molecule has 1 fully saturated rings. The lowest BCUT2D eigenvalue weighted by molar-refractivity contribution is -0.135. The van der Waals surface area contributed by atoms with E-state index in [9.17, 15) is 9.59 Å². The van der Waals surface area contributed by atoms with Gasteiger partial charge in [-0.05, 0) is 45.3 Å². The zero-order chi connectivity index (χ0) is 15.7. The van der Waals surface area contributed by atoms with Crippen molar-refractivity contribution in [3.05, 3.63) is 0 Å². The molecule has 1 aliphatic rings. The van der Waals surface area contributed by atoms with Gasteiger partial charge in [0.25, 0.3) is 0 Å². The average molecular weight is 298 g/mol. The van der Waals surface area contributed by atoms with Crippen LogP contribution in [-0.2, 0) is 9.59 Å². The number of carbonyl (C=O) groups excluding carboxylic acids is 2. The molecule has 1 unspecified atom stereocenters. The molecule has 0 aromatic carbocycles. The summed E-state index contributed by atoms with van der Waals surface area (Å²) in [7, 11) is 3.66. The lowest BCUT2D eigenvalue weighted by Crippen LogP contribution is -2.46. The number of hydrogen-bond donors (Lipinski definition) is 2. The molecule has 6 heteroatoms. The summed E-state index contributed by atoms with van der Waals surface area (Å²) in [6.07, 6.45) is 3.27. The number of rotatable bonds is 8. The number of piperidine rings is 1. The van der Waals surface area contributed by atoms with Crippen molar-refractivity contribution in [3.63, 3.8) is 0 Å². The molecule has 0 saturated carbocycles. The summed E-state index contributed by atoms with van der Waals surface area (Å²) in [5.41, 5.74) is 0. The fraction of sp³-hybridized carbons (Fsp3) is 0.867. The quantitative estimate of drug-likeness (QED) is 0.657. The van der Waals surface area contributed by atoms with Gasteiger partial charge in [0.2, 0.25) is 11.8 Å². The highest BCUT2D eigenvalue weighted by Crippen LogP contribution is 2.15. The molecule has 1 atom stereocenters. The van der Waals surface area contributed by atoms with E-state index >= 15 is 0 Å². The van der Waals surface area contributed by atoms with Crippen molar-refractivity contribution in [2.24, 2.45) is 5.92 Å². The van der Waals surface area contributed by atoms with E-state index < -0.39 is 0 Å². The van der Waals surface area contributed by atoms with Crippen LogP contribution in [0.1, 0.15) is 26.2 Å². The molecule has 0 radical (unpaired) electrons. The minimum atomic E-state index is -0.0839. The van der Waals surface area contributed by atoms with Crippen LogP contribution in [0.25, 0.3) is 0 Å². The lowest BCUT2D eigenvalue weighted by Gasteiger charge is -2.33. The van der Waals surface area contributed by atoms with E-state index in [-0.39, 0.29) is 18.4 Å². The Morgan fingerprint density at radius 3 is 2.81 bits per heavy atom. The summed E-state index contributed by atoms with van der Waals surface area (Å²) in [6, 6.07) is 0. The predicted octanol–water partition coefficient (Wildman–Crippen LogP) is -0.0976. The number of carbonyl (C=O) groups is 2. The van der Waals surface area contributed by atoms with Crippen molar-refractivity contribution in [2.45, 2.75) is 26.2 Å². The van der Waals surface area contributed by atoms with Crippen LogP contribution in [0.3, 0.4) is 0 Å².